The fourth-order valence-corrected chi connectivity index (χ4v) is 2.20. The Labute approximate surface area is 112 Å². The lowest BCUT2D eigenvalue weighted by atomic mass is 9.95. The highest BCUT2D eigenvalue weighted by atomic mass is 16.5. The molecule has 0 aromatic heterocycles. The van der Waals surface area contributed by atoms with Crippen molar-refractivity contribution < 1.29 is 14.3 Å². The van der Waals surface area contributed by atoms with Crippen LogP contribution < -0.4 is 9.47 Å². The van der Waals surface area contributed by atoms with E-state index in [0.29, 0.717) is 17.1 Å². The molecular formula is C16H16O3. The van der Waals surface area contributed by atoms with Gasteiger partial charge in [-0.3, -0.25) is 4.79 Å². The molecule has 3 nitrogen and oxygen atoms in total. The van der Waals surface area contributed by atoms with Crippen LogP contribution >= 0.6 is 0 Å². The Morgan fingerprint density at radius 3 is 2.26 bits per heavy atom. The van der Waals surface area contributed by atoms with Crippen molar-refractivity contribution in [2.45, 2.75) is 6.92 Å². The number of aldehydes is 1. The summed E-state index contributed by atoms with van der Waals surface area (Å²) >= 11 is 0. The average Bonchev–Trinajstić information content (AvgIpc) is 2.47. The minimum Gasteiger partial charge on any atom is -0.493 e. The van der Waals surface area contributed by atoms with Crippen LogP contribution in [0.1, 0.15) is 15.9 Å². The topological polar surface area (TPSA) is 35.5 Å². The van der Waals surface area contributed by atoms with Crippen molar-refractivity contribution in [2.24, 2.45) is 0 Å². The van der Waals surface area contributed by atoms with Crippen LogP contribution in [0.15, 0.2) is 36.4 Å². The van der Waals surface area contributed by atoms with Gasteiger partial charge in [0.05, 0.1) is 14.2 Å². The molecule has 2 rings (SSSR count). The van der Waals surface area contributed by atoms with Gasteiger partial charge in [0.2, 0.25) is 0 Å². The van der Waals surface area contributed by atoms with E-state index in [-0.39, 0.29) is 0 Å². The van der Waals surface area contributed by atoms with Crippen molar-refractivity contribution in [1.82, 2.24) is 0 Å². The van der Waals surface area contributed by atoms with Gasteiger partial charge in [-0.25, -0.2) is 0 Å². The van der Waals surface area contributed by atoms with Gasteiger partial charge in [-0.1, -0.05) is 30.3 Å². The first-order valence-corrected chi connectivity index (χ1v) is 5.99. The van der Waals surface area contributed by atoms with Crippen molar-refractivity contribution >= 4 is 6.29 Å². The molecule has 0 saturated carbocycles. The summed E-state index contributed by atoms with van der Waals surface area (Å²) in [5, 5.41) is 0. The summed E-state index contributed by atoms with van der Waals surface area (Å²) < 4.78 is 10.7. The molecule has 98 valence electrons. The lowest BCUT2D eigenvalue weighted by Crippen LogP contribution is -1.99. The largest absolute Gasteiger partial charge is 0.493 e. The molecule has 0 bridgehead atoms. The van der Waals surface area contributed by atoms with Gasteiger partial charge in [0.15, 0.2) is 17.8 Å². The summed E-state index contributed by atoms with van der Waals surface area (Å²) in [6, 6.07) is 11.6. The average molecular weight is 256 g/mol. The molecule has 0 amide bonds. The summed E-state index contributed by atoms with van der Waals surface area (Å²) in [5.74, 6) is 1.23. The Morgan fingerprint density at radius 1 is 1.05 bits per heavy atom. The molecule has 0 aliphatic rings. The van der Waals surface area contributed by atoms with Crippen LogP contribution in [0, 0.1) is 6.92 Å². The zero-order chi connectivity index (χ0) is 13.8. The minimum absolute atomic E-state index is 0.601. The molecule has 3 heteroatoms. The second-order valence-corrected chi connectivity index (χ2v) is 4.18. The van der Waals surface area contributed by atoms with Crippen LogP contribution in [0.25, 0.3) is 11.1 Å². The summed E-state index contributed by atoms with van der Waals surface area (Å²) in [4.78, 5) is 11.4. The second-order valence-electron chi connectivity index (χ2n) is 4.18. The van der Waals surface area contributed by atoms with Crippen LogP contribution in [-0.4, -0.2) is 20.5 Å². The lowest BCUT2D eigenvalue weighted by Gasteiger charge is -2.16. The van der Waals surface area contributed by atoms with E-state index >= 15 is 0 Å². The molecule has 0 heterocycles. The van der Waals surface area contributed by atoms with E-state index in [0.717, 1.165) is 23.0 Å². The van der Waals surface area contributed by atoms with Gasteiger partial charge in [0, 0.05) is 11.1 Å². The van der Waals surface area contributed by atoms with E-state index in [1.807, 2.05) is 43.3 Å². The monoisotopic (exact) mass is 256 g/mol. The standard InChI is InChI=1S/C16H16O3/c1-11-14(10-17)13(12-7-5-4-6-8-12)9-15(18-2)16(11)19-3/h4-10H,1-3H3. The highest BCUT2D eigenvalue weighted by Gasteiger charge is 2.16. The number of benzene rings is 2. The van der Waals surface area contributed by atoms with Crippen molar-refractivity contribution in [2.75, 3.05) is 14.2 Å². The number of methoxy groups -OCH3 is 2. The smallest absolute Gasteiger partial charge is 0.164 e. The summed E-state index contributed by atoms with van der Waals surface area (Å²) in [6.07, 6.45) is 0.861. The van der Waals surface area contributed by atoms with Gasteiger partial charge in [-0.15, -0.1) is 0 Å². The Hall–Kier alpha value is -2.29. The van der Waals surface area contributed by atoms with E-state index in [1.165, 1.54) is 0 Å². The van der Waals surface area contributed by atoms with Crippen molar-refractivity contribution in [1.29, 1.82) is 0 Å². The third-order valence-electron chi connectivity index (χ3n) is 3.16. The first kappa shape index (κ1) is 13.1. The van der Waals surface area contributed by atoms with Gasteiger partial charge in [0.1, 0.15) is 0 Å². The lowest BCUT2D eigenvalue weighted by molar-refractivity contribution is 0.112. The Balaban J connectivity index is 2.74. The van der Waals surface area contributed by atoms with Crippen LogP contribution in [0.4, 0.5) is 0 Å². The maximum absolute atomic E-state index is 11.4. The second kappa shape index (κ2) is 5.57. The molecule has 0 saturated heterocycles. The SMILES string of the molecule is COc1cc(-c2ccccc2)c(C=O)c(C)c1OC. The van der Waals surface area contributed by atoms with Gasteiger partial charge in [-0.2, -0.15) is 0 Å². The summed E-state index contributed by atoms with van der Waals surface area (Å²) in [5.41, 5.74) is 3.25. The number of carbonyl (C=O) groups is 1. The molecule has 0 radical (unpaired) electrons. The Bertz CT molecular complexity index is 589. The molecule has 0 spiro atoms. The van der Waals surface area contributed by atoms with Crippen molar-refractivity contribution in [3.63, 3.8) is 0 Å². The Kier molecular flexibility index (Phi) is 3.85. The molecule has 19 heavy (non-hydrogen) atoms. The molecule has 0 atom stereocenters. The number of ether oxygens (including phenoxy) is 2. The van der Waals surface area contributed by atoms with E-state index in [4.69, 9.17) is 9.47 Å². The molecule has 0 N–H and O–H groups in total. The van der Waals surface area contributed by atoms with Crippen molar-refractivity contribution in [3.8, 4) is 22.6 Å². The third kappa shape index (κ3) is 2.32. The van der Waals surface area contributed by atoms with Gasteiger partial charge >= 0.3 is 0 Å². The van der Waals surface area contributed by atoms with Crippen LogP contribution in [0.5, 0.6) is 11.5 Å². The molecule has 0 aliphatic heterocycles. The first-order valence-electron chi connectivity index (χ1n) is 5.99. The van der Waals surface area contributed by atoms with E-state index in [2.05, 4.69) is 0 Å². The number of carbonyl (C=O) groups excluding carboxylic acids is 1. The van der Waals surface area contributed by atoms with Crippen molar-refractivity contribution in [3.05, 3.63) is 47.5 Å². The maximum atomic E-state index is 11.4. The molecule has 0 unspecified atom stereocenters. The normalized spacial score (nSPS) is 10.1. The molecule has 2 aromatic rings. The number of hydrogen-bond donors (Lipinski definition) is 0. The van der Waals surface area contributed by atoms with Crippen LogP contribution in [-0.2, 0) is 0 Å². The quantitative estimate of drug-likeness (QED) is 0.785. The van der Waals surface area contributed by atoms with E-state index in [1.54, 1.807) is 14.2 Å². The fraction of sp³-hybridized carbons (Fsp3) is 0.188. The zero-order valence-electron chi connectivity index (χ0n) is 11.3. The van der Waals surface area contributed by atoms with E-state index in [9.17, 15) is 4.79 Å². The first-order chi connectivity index (χ1) is 9.22. The van der Waals surface area contributed by atoms with Gasteiger partial charge in [0.25, 0.3) is 0 Å². The minimum atomic E-state index is 0.601. The number of hydrogen-bond acceptors (Lipinski definition) is 3. The molecule has 0 aliphatic carbocycles. The van der Waals surface area contributed by atoms with Crippen LogP contribution in [0.2, 0.25) is 0 Å². The maximum Gasteiger partial charge on any atom is 0.164 e. The molecule has 2 aromatic carbocycles. The summed E-state index contributed by atoms with van der Waals surface area (Å²) in [7, 11) is 3.16. The highest BCUT2D eigenvalue weighted by Crippen LogP contribution is 2.38. The predicted octanol–water partition coefficient (Wildman–Crippen LogP) is 3.49. The number of rotatable bonds is 4. The predicted molar refractivity (Wildman–Crippen MR) is 75.1 cm³/mol. The Morgan fingerprint density at radius 2 is 1.74 bits per heavy atom. The molecule has 0 fully saturated rings. The summed E-state index contributed by atoms with van der Waals surface area (Å²) in [6.45, 7) is 1.86. The van der Waals surface area contributed by atoms with E-state index < -0.39 is 0 Å². The zero-order valence-corrected chi connectivity index (χ0v) is 11.3. The third-order valence-corrected chi connectivity index (χ3v) is 3.16. The van der Waals surface area contributed by atoms with Gasteiger partial charge < -0.3 is 9.47 Å². The molecular weight excluding hydrogens is 240 g/mol. The fourth-order valence-electron chi connectivity index (χ4n) is 2.20. The van der Waals surface area contributed by atoms with Gasteiger partial charge in [-0.05, 0) is 24.1 Å². The van der Waals surface area contributed by atoms with Crippen LogP contribution in [0.3, 0.4) is 0 Å². The highest BCUT2D eigenvalue weighted by molar-refractivity contribution is 5.91.